The molecule has 4 aromatic rings. The van der Waals surface area contributed by atoms with Crippen LogP contribution in [0.4, 0.5) is 0 Å². The summed E-state index contributed by atoms with van der Waals surface area (Å²) in [6, 6.07) is 21.7. The van der Waals surface area contributed by atoms with Crippen LogP contribution in [0.1, 0.15) is 34.5 Å². The van der Waals surface area contributed by atoms with Crippen LogP contribution in [0.15, 0.2) is 84.0 Å². The number of ether oxygens (including phenoxy) is 2. The molecule has 180 valence electrons. The van der Waals surface area contributed by atoms with Gasteiger partial charge >= 0.3 is 0 Å². The molecule has 6 nitrogen and oxygen atoms in total. The first-order valence-electron chi connectivity index (χ1n) is 11.9. The molecule has 0 aliphatic carbocycles. The average Bonchev–Trinajstić information content (AvgIpc) is 3.56. The van der Waals surface area contributed by atoms with E-state index in [0.29, 0.717) is 18.7 Å². The molecule has 0 bridgehead atoms. The fourth-order valence-corrected chi connectivity index (χ4v) is 5.12. The van der Waals surface area contributed by atoms with E-state index in [1.807, 2.05) is 82.2 Å². The molecule has 2 aromatic heterocycles. The molecule has 5 rings (SSSR count). The fourth-order valence-electron chi connectivity index (χ4n) is 4.33. The van der Waals surface area contributed by atoms with Crippen molar-refractivity contribution in [3.05, 3.63) is 95.9 Å². The number of methoxy groups -OCH3 is 1. The van der Waals surface area contributed by atoms with E-state index in [2.05, 4.69) is 11.2 Å². The molecule has 0 saturated carbocycles. The number of carbonyl (C=O) groups excluding carboxylic acids is 1. The van der Waals surface area contributed by atoms with Crippen LogP contribution < -0.4 is 4.74 Å². The Hall–Kier alpha value is -3.29. The second kappa shape index (κ2) is 11.0. The number of carbonyl (C=O) groups is 1. The van der Waals surface area contributed by atoms with Crippen molar-refractivity contribution in [1.29, 1.82) is 0 Å². The molecule has 0 spiro atoms. The molecule has 1 aliphatic rings. The molecule has 1 saturated heterocycles. The van der Waals surface area contributed by atoms with Gasteiger partial charge in [-0.1, -0.05) is 18.2 Å². The van der Waals surface area contributed by atoms with Crippen molar-refractivity contribution < 1.29 is 14.3 Å². The van der Waals surface area contributed by atoms with Crippen molar-refractivity contribution in [1.82, 2.24) is 14.3 Å². The summed E-state index contributed by atoms with van der Waals surface area (Å²) in [5.41, 5.74) is 3.70. The third-order valence-electron chi connectivity index (χ3n) is 6.14. The largest absolute Gasteiger partial charge is 0.497 e. The lowest BCUT2D eigenvalue weighted by atomic mass is 10.1. The van der Waals surface area contributed by atoms with Gasteiger partial charge in [-0.05, 0) is 66.9 Å². The standard InChI is InChI=1S/C28H29N3O3S/c1-33-24-7-4-6-21(16-24)17-31(19-25-8-5-15-34-25)28(32)22-10-12-26(13-11-22)35-20-23-18-30-14-3-2-9-27(30)29-23/h2-4,6-7,9-14,16,18,25H,5,8,15,17,19-20H2,1H3. The zero-order chi connectivity index (χ0) is 24.0. The minimum atomic E-state index is 0.0141. The van der Waals surface area contributed by atoms with Crippen molar-refractivity contribution in [2.75, 3.05) is 20.3 Å². The van der Waals surface area contributed by atoms with Crippen molar-refractivity contribution in [3.8, 4) is 5.75 Å². The van der Waals surface area contributed by atoms with E-state index < -0.39 is 0 Å². The maximum Gasteiger partial charge on any atom is 0.254 e. The van der Waals surface area contributed by atoms with Crippen LogP contribution in [-0.4, -0.2) is 46.6 Å². The number of thioether (sulfide) groups is 1. The summed E-state index contributed by atoms with van der Waals surface area (Å²) in [7, 11) is 1.66. The highest BCUT2D eigenvalue weighted by molar-refractivity contribution is 7.98. The van der Waals surface area contributed by atoms with Crippen LogP contribution >= 0.6 is 11.8 Å². The van der Waals surface area contributed by atoms with E-state index in [0.717, 1.165) is 52.8 Å². The lowest BCUT2D eigenvalue weighted by molar-refractivity contribution is 0.0507. The van der Waals surface area contributed by atoms with Crippen molar-refractivity contribution in [2.24, 2.45) is 0 Å². The Labute approximate surface area is 209 Å². The van der Waals surface area contributed by atoms with Gasteiger partial charge in [-0.25, -0.2) is 4.98 Å². The maximum atomic E-state index is 13.5. The van der Waals surface area contributed by atoms with Gasteiger partial charge in [0, 0.05) is 48.3 Å². The van der Waals surface area contributed by atoms with Gasteiger partial charge in [0.15, 0.2) is 0 Å². The van der Waals surface area contributed by atoms with Crippen LogP contribution in [0.2, 0.25) is 0 Å². The highest BCUT2D eigenvalue weighted by Gasteiger charge is 2.24. The average molecular weight is 488 g/mol. The van der Waals surface area contributed by atoms with Gasteiger partial charge in [-0.3, -0.25) is 4.79 Å². The van der Waals surface area contributed by atoms with E-state index in [9.17, 15) is 4.79 Å². The quantitative estimate of drug-likeness (QED) is 0.294. The summed E-state index contributed by atoms with van der Waals surface area (Å²) in [6.07, 6.45) is 6.18. The number of hydrogen-bond acceptors (Lipinski definition) is 5. The van der Waals surface area contributed by atoms with Gasteiger partial charge in [-0.15, -0.1) is 11.8 Å². The lowest BCUT2D eigenvalue weighted by Gasteiger charge is -2.26. The first-order chi connectivity index (χ1) is 17.2. The molecule has 0 radical (unpaired) electrons. The van der Waals surface area contributed by atoms with Gasteiger partial charge in [0.25, 0.3) is 5.91 Å². The van der Waals surface area contributed by atoms with Crippen molar-refractivity contribution in [3.63, 3.8) is 0 Å². The fraction of sp³-hybridized carbons (Fsp3) is 0.286. The zero-order valence-electron chi connectivity index (χ0n) is 19.8. The first kappa shape index (κ1) is 23.5. The lowest BCUT2D eigenvalue weighted by Crippen LogP contribution is -2.37. The number of amides is 1. The predicted molar refractivity (Wildman–Crippen MR) is 138 cm³/mol. The summed E-state index contributed by atoms with van der Waals surface area (Å²) in [5.74, 6) is 1.58. The molecule has 1 atom stereocenters. The number of imidazole rings is 1. The number of aromatic nitrogens is 2. The summed E-state index contributed by atoms with van der Waals surface area (Å²) < 4.78 is 13.2. The molecule has 3 heterocycles. The summed E-state index contributed by atoms with van der Waals surface area (Å²) >= 11 is 1.72. The summed E-state index contributed by atoms with van der Waals surface area (Å²) in [5, 5.41) is 0. The van der Waals surface area contributed by atoms with Crippen molar-refractivity contribution >= 4 is 23.3 Å². The Bertz CT molecular complexity index is 1250. The second-order valence-electron chi connectivity index (χ2n) is 8.68. The number of fused-ring (bicyclic) bond motifs is 1. The van der Waals surface area contributed by atoms with E-state index in [-0.39, 0.29) is 12.0 Å². The molecule has 2 aromatic carbocycles. The topological polar surface area (TPSA) is 56.1 Å². The van der Waals surface area contributed by atoms with Crippen LogP contribution in [0, 0.1) is 0 Å². The number of nitrogens with zero attached hydrogens (tertiary/aromatic N) is 3. The highest BCUT2D eigenvalue weighted by atomic mass is 32.2. The Morgan fingerprint density at radius 2 is 2.06 bits per heavy atom. The van der Waals surface area contributed by atoms with Crippen molar-refractivity contribution in [2.45, 2.75) is 36.1 Å². The van der Waals surface area contributed by atoms with Gasteiger partial charge in [0.2, 0.25) is 0 Å². The zero-order valence-corrected chi connectivity index (χ0v) is 20.6. The number of pyridine rings is 1. The molecule has 1 aliphatic heterocycles. The van der Waals surface area contributed by atoms with E-state index in [1.165, 1.54) is 0 Å². The Morgan fingerprint density at radius 1 is 1.17 bits per heavy atom. The molecular formula is C28H29N3O3S. The van der Waals surface area contributed by atoms with Gasteiger partial charge in [0.1, 0.15) is 11.4 Å². The normalized spacial score (nSPS) is 15.4. The Morgan fingerprint density at radius 3 is 2.83 bits per heavy atom. The minimum Gasteiger partial charge on any atom is -0.497 e. The number of hydrogen-bond donors (Lipinski definition) is 0. The van der Waals surface area contributed by atoms with Gasteiger partial charge < -0.3 is 18.8 Å². The molecule has 0 N–H and O–H groups in total. The molecule has 35 heavy (non-hydrogen) atoms. The van der Waals surface area contributed by atoms with Crippen LogP contribution in [0.5, 0.6) is 5.75 Å². The molecule has 1 amide bonds. The predicted octanol–water partition coefficient (Wildman–Crippen LogP) is 5.46. The van der Waals surface area contributed by atoms with E-state index in [1.54, 1.807) is 18.9 Å². The van der Waals surface area contributed by atoms with Crippen LogP contribution in [0.25, 0.3) is 5.65 Å². The summed E-state index contributed by atoms with van der Waals surface area (Å²) in [6.45, 7) is 1.87. The molecular weight excluding hydrogens is 458 g/mol. The second-order valence-corrected chi connectivity index (χ2v) is 9.73. The third kappa shape index (κ3) is 5.86. The van der Waals surface area contributed by atoms with Gasteiger partial charge in [0.05, 0.1) is 18.9 Å². The smallest absolute Gasteiger partial charge is 0.254 e. The maximum absolute atomic E-state index is 13.5. The van der Waals surface area contributed by atoms with Crippen LogP contribution in [0.3, 0.4) is 0 Å². The SMILES string of the molecule is COc1cccc(CN(CC2CCCO2)C(=O)c2ccc(SCc3cn4ccccc4n3)cc2)c1. The number of benzene rings is 2. The number of rotatable bonds is 9. The van der Waals surface area contributed by atoms with E-state index in [4.69, 9.17) is 9.47 Å². The molecule has 7 heteroatoms. The van der Waals surface area contributed by atoms with Crippen LogP contribution in [-0.2, 0) is 17.0 Å². The molecule has 1 unspecified atom stereocenters. The third-order valence-corrected chi connectivity index (χ3v) is 7.19. The minimum absolute atomic E-state index is 0.0141. The van der Waals surface area contributed by atoms with E-state index >= 15 is 0 Å². The highest BCUT2D eigenvalue weighted by Crippen LogP contribution is 2.24. The Balaban J connectivity index is 1.26. The van der Waals surface area contributed by atoms with Gasteiger partial charge in [-0.2, -0.15) is 0 Å². The monoisotopic (exact) mass is 487 g/mol. The molecule has 1 fully saturated rings. The Kier molecular flexibility index (Phi) is 7.35. The first-order valence-corrected chi connectivity index (χ1v) is 12.9. The summed E-state index contributed by atoms with van der Waals surface area (Å²) in [4.78, 5) is 21.2.